The molecule has 0 radical (unpaired) electrons. The van der Waals surface area contributed by atoms with Gasteiger partial charge in [-0.15, -0.1) is 11.8 Å². The van der Waals surface area contributed by atoms with Crippen molar-refractivity contribution in [3.8, 4) is 5.75 Å². The molecule has 3 rings (SSSR count). The molecule has 0 saturated carbocycles. The van der Waals surface area contributed by atoms with Crippen LogP contribution >= 0.6 is 22.4 Å². The van der Waals surface area contributed by atoms with E-state index in [-0.39, 0.29) is 22.8 Å². The van der Waals surface area contributed by atoms with E-state index in [1.165, 1.54) is 11.8 Å². The van der Waals surface area contributed by atoms with Crippen molar-refractivity contribution in [3.05, 3.63) is 65.7 Å². The Labute approximate surface area is 219 Å². The lowest BCUT2D eigenvalue weighted by atomic mass is 9.70. The third-order valence-electron chi connectivity index (χ3n) is 6.99. The van der Waals surface area contributed by atoms with Crippen LogP contribution in [-0.4, -0.2) is 32.2 Å². The van der Waals surface area contributed by atoms with E-state index < -0.39 is 22.4 Å². The molecule has 8 heteroatoms. The van der Waals surface area contributed by atoms with Crippen LogP contribution in [0.1, 0.15) is 75.8 Å². The highest BCUT2D eigenvalue weighted by atomic mass is 32.3. The first-order valence-electron chi connectivity index (χ1n) is 12.4. The second kappa shape index (κ2) is 12.5. The van der Waals surface area contributed by atoms with Crippen LogP contribution in [0.5, 0.6) is 5.75 Å². The Kier molecular flexibility index (Phi) is 9.92. The molecule has 36 heavy (non-hydrogen) atoms. The summed E-state index contributed by atoms with van der Waals surface area (Å²) in [5.41, 5.74) is 1.72. The Bertz CT molecular complexity index is 1060. The van der Waals surface area contributed by atoms with Gasteiger partial charge in [-0.3, -0.25) is 9.11 Å². The molecule has 1 heterocycles. The summed E-state index contributed by atoms with van der Waals surface area (Å²) in [6, 6.07) is 13.6. The normalized spacial score (nSPS) is 19.7. The third-order valence-corrected chi connectivity index (χ3v) is 9.82. The number of aliphatic carboxylic acids is 1. The molecule has 3 N–H and O–H groups in total. The van der Waals surface area contributed by atoms with Crippen molar-refractivity contribution < 1.29 is 28.1 Å². The number of hydrogen-bond acceptors (Lipinski definition) is 5. The molecule has 0 aliphatic carbocycles. The third kappa shape index (κ3) is 6.65. The van der Waals surface area contributed by atoms with E-state index in [1.54, 1.807) is 6.07 Å². The highest BCUT2D eigenvalue weighted by molar-refractivity contribution is 8.24. The quantitative estimate of drug-likeness (QED) is 0.151. The van der Waals surface area contributed by atoms with Gasteiger partial charge in [0, 0.05) is 17.7 Å². The van der Waals surface area contributed by atoms with Gasteiger partial charge < -0.3 is 9.84 Å². The number of benzene rings is 2. The minimum Gasteiger partial charge on any atom is -0.476 e. The minimum absolute atomic E-state index is 0.0464. The van der Waals surface area contributed by atoms with Gasteiger partial charge in [-0.25, -0.2) is 4.79 Å². The van der Waals surface area contributed by atoms with Gasteiger partial charge in [-0.05, 0) is 48.1 Å². The number of rotatable bonds is 11. The molecular formula is C28H37FO5S2. The fourth-order valence-electron chi connectivity index (χ4n) is 5.20. The van der Waals surface area contributed by atoms with Crippen LogP contribution in [0, 0.1) is 5.41 Å². The maximum absolute atomic E-state index is 13.7. The Hall–Kier alpha value is -2.00. The monoisotopic (exact) mass is 536 g/mol. The Morgan fingerprint density at radius 3 is 2.36 bits per heavy atom. The molecule has 5 nitrogen and oxygen atoms in total. The fourth-order valence-corrected chi connectivity index (χ4v) is 8.04. The predicted molar refractivity (Wildman–Crippen MR) is 146 cm³/mol. The Morgan fingerprint density at radius 2 is 1.81 bits per heavy atom. The van der Waals surface area contributed by atoms with Gasteiger partial charge in [0.1, 0.15) is 12.0 Å². The molecule has 0 bridgehead atoms. The number of hydrogen-bond donors (Lipinski definition) is 3. The highest BCUT2D eigenvalue weighted by Gasteiger charge is 2.43. The molecule has 0 spiro atoms. The molecule has 0 aromatic heterocycles. The van der Waals surface area contributed by atoms with Gasteiger partial charge in [-0.1, -0.05) is 69.9 Å². The first-order valence-corrected chi connectivity index (χ1v) is 15.4. The van der Waals surface area contributed by atoms with Gasteiger partial charge >= 0.3 is 5.97 Å². The number of halogens is 1. The van der Waals surface area contributed by atoms with Crippen LogP contribution in [0.15, 0.2) is 64.3 Å². The van der Waals surface area contributed by atoms with Crippen LogP contribution in [0.2, 0.25) is 0 Å². The van der Waals surface area contributed by atoms with E-state index in [2.05, 4.69) is 26.0 Å². The number of ether oxygens (including phenoxy) is 1. The van der Waals surface area contributed by atoms with Gasteiger partial charge in [0.2, 0.25) is 5.83 Å². The van der Waals surface area contributed by atoms with Crippen molar-refractivity contribution in [1.82, 2.24) is 0 Å². The predicted octanol–water partition coefficient (Wildman–Crippen LogP) is 8.69. The minimum atomic E-state index is -3.21. The van der Waals surface area contributed by atoms with Crippen LogP contribution in [0.4, 0.5) is 4.39 Å². The summed E-state index contributed by atoms with van der Waals surface area (Å²) in [5, 5.41) is 8.85. The van der Waals surface area contributed by atoms with Crippen molar-refractivity contribution in [2.75, 3.05) is 12.0 Å². The van der Waals surface area contributed by atoms with E-state index >= 15 is 0 Å². The zero-order chi connectivity index (χ0) is 26.3. The first-order chi connectivity index (χ1) is 17.2. The summed E-state index contributed by atoms with van der Waals surface area (Å²) >= 11 is 1.38. The number of unbranched alkanes of at least 4 members (excludes halogenated alkanes) is 2. The SMILES string of the molecule is CCCCC1(CCCC)CC(c2ccccc2)c2cc(SC)c(O/C=C(\F)C(=O)O)cc2S(O)(O)C1. The number of thioether (sulfide) groups is 1. The first kappa shape index (κ1) is 28.6. The summed E-state index contributed by atoms with van der Waals surface area (Å²) in [6.07, 6.45) is 9.14. The zero-order valence-electron chi connectivity index (χ0n) is 21.2. The standard InChI is InChI=1S/C28H37FO5S2/c1-4-6-13-28(14-7-5-2)17-22(20-11-9-8-10-12-20)21-15-25(35-3)24(34-18-23(29)27(30)31)16-26(21)36(32,33)19-28/h8-12,15-16,18,22,32-33H,4-7,13-14,17,19H2,1-3H3,(H,30,31)/b23-18-. The van der Waals surface area contributed by atoms with Gasteiger partial charge in [0.15, 0.2) is 0 Å². The lowest BCUT2D eigenvalue weighted by Gasteiger charge is -2.42. The molecule has 0 fully saturated rings. The molecule has 0 saturated heterocycles. The van der Waals surface area contributed by atoms with Crippen LogP contribution in [0.25, 0.3) is 0 Å². The van der Waals surface area contributed by atoms with E-state index in [1.807, 2.05) is 30.5 Å². The number of carboxylic acids is 1. The van der Waals surface area contributed by atoms with Crippen molar-refractivity contribution in [3.63, 3.8) is 0 Å². The van der Waals surface area contributed by atoms with Gasteiger partial charge in [-0.2, -0.15) is 15.0 Å². The lowest BCUT2D eigenvalue weighted by molar-refractivity contribution is -0.134. The highest BCUT2D eigenvalue weighted by Crippen LogP contribution is 2.63. The average Bonchev–Trinajstić information content (AvgIpc) is 2.96. The van der Waals surface area contributed by atoms with Crippen molar-refractivity contribution in [2.45, 2.75) is 74.5 Å². The molecule has 0 amide bonds. The molecule has 1 unspecified atom stereocenters. The summed E-state index contributed by atoms with van der Waals surface area (Å²) in [5.74, 6) is -2.72. The molecular weight excluding hydrogens is 499 g/mol. The number of carboxylic acid groups (broad SMARTS) is 1. The summed E-state index contributed by atoms with van der Waals surface area (Å²) in [7, 11) is -3.21. The van der Waals surface area contributed by atoms with Crippen LogP contribution in [0.3, 0.4) is 0 Å². The maximum Gasteiger partial charge on any atom is 0.368 e. The summed E-state index contributed by atoms with van der Waals surface area (Å²) < 4.78 is 42.4. The molecule has 1 aliphatic rings. The molecule has 1 aliphatic heterocycles. The fraction of sp³-hybridized carbons (Fsp3) is 0.464. The number of fused-ring (bicyclic) bond motifs is 1. The molecule has 2 aromatic carbocycles. The Morgan fingerprint density at radius 1 is 1.17 bits per heavy atom. The van der Waals surface area contributed by atoms with Crippen LogP contribution in [-0.2, 0) is 4.79 Å². The Balaban J connectivity index is 2.22. The number of carbonyl (C=O) groups is 1. The summed E-state index contributed by atoms with van der Waals surface area (Å²) in [4.78, 5) is 12.0. The van der Waals surface area contributed by atoms with Gasteiger partial charge in [0.05, 0.1) is 9.79 Å². The smallest absolute Gasteiger partial charge is 0.368 e. The second-order valence-electron chi connectivity index (χ2n) is 9.62. The lowest BCUT2D eigenvalue weighted by Crippen LogP contribution is -2.29. The summed E-state index contributed by atoms with van der Waals surface area (Å²) in [6.45, 7) is 4.31. The van der Waals surface area contributed by atoms with E-state index in [0.717, 1.165) is 56.1 Å². The van der Waals surface area contributed by atoms with Crippen molar-refractivity contribution >= 4 is 28.3 Å². The van der Waals surface area contributed by atoms with Gasteiger partial charge in [0.25, 0.3) is 0 Å². The topological polar surface area (TPSA) is 87.0 Å². The average molecular weight is 537 g/mol. The molecule has 2 aromatic rings. The largest absolute Gasteiger partial charge is 0.476 e. The van der Waals surface area contributed by atoms with E-state index in [0.29, 0.717) is 16.1 Å². The van der Waals surface area contributed by atoms with Crippen LogP contribution < -0.4 is 4.74 Å². The molecule has 198 valence electrons. The second-order valence-corrected chi connectivity index (χ2v) is 12.5. The van der Waals surface area contributed by atoms with Crippen molar-refractivity contribution in [1.29, 1.82) is 0 Å². The zero-order valence-corrected chi connectivity index (χ0v) is 22.8. The maximum atomic E-state index is 13.7. The van der Waals surface area contributed by atoms with Crippen molar-refractivity contribution in [2.24, 2.45) is 5.41 Å². The van der Waals surface area contributed by atoms with E-state index in [9.17, 15) is 18.3 Å². The molecule has 1 atom stereocenters. The van der Waals surface area contributed by atoms with E-state index in [4.69, 9.17) is 9.84 Å².